The van der Waals surface area contributed by atoms with E-state index in [9.17, 15) is 22.4 Å². The van der Waals surface area contributed by atoms with Crippen LogP contribution in [0.4, 0.5) is 17.6 Å². The normalized spacial score (nSPS) is 19.6. The zero-order valence-electron chi connectivity index (χ0n) is 15.0. The molecule has 11 heteroatoms. The van der Waals surface area contributed by atoms with E-state index in [1.807, 2.05) is 0 Å². The summed E-state index contributed by atoms with van der Waals surface area (Å²) >= 11 is 0. The summed E-state index contributed by atoms with van der Waals surface area (Å²) in [4.78, 5) is 23.1. The Labute approximate surface area is 157 Å². The summed E-state index contributed by atoms with van der Waals surface area (Å²) in [7, 11) is 0. The molecule has 2 aliphatic heterocycles. The average Bonchev–Trinajstić information content (AvgIpc) is 3.10. The summed E-state index contributed by atoms with van der Waals surface area (Å²) in [6, 6.07) is -0.616. The SMILES string of the molecule is CC1=NCC(C(=N)N2CCN(C(=O)c3cc(F)c(F)c(F)c3F)C(C)C2=N)=N1. The van der Waals surface area contributed by atoms with Gasteiger partial charge in [0.15, 0.2) is 23.3 Å². The molecule has 0 bridgehead atoms. The minimum atomic E-state index is -2.07. The van der Waals surface area contributed by atoms with Crippen LogP contribution in [0.25, 0.3) is 0 Å². The first-order valence-corrected chi connectivity index (χ1v) is 8.31. The molecule has 3 rings (SSSR count). The van der Waals surface area contributed by atoms with Crippen molar-refractivity contribution in [3.05, 3.63) is 34.9 Å². The van der Waals surface area contributed by atoms with Gasteiger partial charge in [-0.15, -0.1) is 0 Å². The molecular formula is C17H16F4N6O. The number of carbonyl (C=O) groups excluding carboxylic acids is 1. The van der Waals surface area contributed by atoms with Crippen LogP contribution in [0.15, 0.2) is 16.1 Å². The third-order valence-electron chi connectivity index (χ3n) is 4.61. The second-order valence-electron chi connectivity index (χ2n) is 6.33. The third kappa shape index (κ3) is 3.16. The third-order valence-corrected chi connectivity index (χ3v) is 4.61. The zero-order valence-corrected chi connectivity index (χ0v) is 15.0. The average molecular weight is 396 g/mol. The lowest BCUT2D eigenvalue weighted by atomic mass is 10.1. The highest BCUT2D eigenvalue weighted by Crippen LogP contribution is 2.23. The molecule has 1 amide bonds. The summed E-state index contributed by atoms with van der Waals surface area (Å²) in [5.41, 5.74) is -0.577. The van der Waals surface area contributed by atoms with Crippen LogP contribution in [0, 0.1) is 34.1 Å². The van der Waals surface area contributed by atoms with Gasteiger partial charge in [-0.1, -0.05) is 0 Å². The van der Waals surface area contributed by atoms with Crippen molar-refractivity contribution >= 4 is 29.1 Å². The Morgan fingerprint density at radius 3 is 2.46 bits per heavy atom. The van der Waals surface area contributed by atoms with E-state index < -0.39 is 40.8 Å². The number of nitrogens with zero attached hydrogens (tertiary/aromatic N) is 4. The largest absolute Gasteiger partial charge is 0.327 e. The van der Waals surface area contributed by atoms with Crippen LogP contribution in [-0.2, 0) is 0 Å². The molecule has 0 aliphatic carbocycles. The standard InChI is InChI=1S/C17H16F4N6O/c1-7-15(22)27(16(23)11-6-24-8(2)25-11)4-3-26(7)17(28)9-5-10(18)13(20)14(21)12(9)19/h5,7,22-23H,3-4,6H2,1-2H3. The van der Waals surface area contributed by atoms with E-state index >= 15 is 0 Å². The van der Waals surface area contributed by atoms with E-state index in [1.54, 1.807) is 6.92 Å². The molecule has 1 saturated heterocycles. The van der Waals surface area contributed by atoms with E-state index in [1.165, 1.54) is 11.8 Å². The van der Waals surface area contributed by atoms with Crippen LogP contribution in [-0.4, -0.2) is 64.6 Å². The van der Waals surface area contributed by atoms with Gasteiger partial charge in [-0.05, 0) is 19.9 Å². The molecule has 7 nitrogen and oxygen atoms in total. The molecule has 0 saturated carbocycles. The van der Waals surface area contributed by atoms with Crippen molar-refractivity contribution in [2.24, 2.45) is 9.98 Å². The molecule has 2 N–H and O–H groups in total. The van der Waals surface area contributed by atoms with Crippen molar-refractivity contribution in [3.8, 4) is 0 Å². The first-order chi connectivity index (χ1) is 13.1. The number of carbonyl (C=O) groups is 1. The number of benzene rings is 1. The minimum absolute atomic E-state index is 0.0274. The highest BCUT2D eigenvalue weighted by molar-refractivity contribution is 6.45. The maximum absolute atomic E-state index is 14.0. The molecule has 1 atom stereocenters. The predicted octanol–water partition coefficient (Wildman–Crippen LogP) is 2.22. The quantitative estimate of drug-likeness (QED) is 0.264. The molecule has 2 heterocycles. The number of hydrogen-bond donors (Lipinski definition) is 2. The first-order valence-electron chi connectivity index (χ1n) is 8.31. The molecule has 28 heavy (non-hydrogen) atoms. The van der Waals surface area contributed by atoms with Gasteiger partial charge in [-0.25, -0.2) is 22.6 Å². The number of halogens is 4. The van der Waals surface area contributed by atoms with Crippen molar-refractivity contribution in [3.63, 3.8) is 0 Å². The Kier molecular flexibility index (Phi) is 5.01. The summed E-state index contributed by atoms with van der Waals surface area (Å²) in [5, 5.41) is 16.5. The van der Waals surface area contributed by atoms with Crippen molar-refractivity contribution in [1.29, 1.82) is 10.8 Å². The Bertz CT molecular complexity index is 957. The fourth-order valence-corrected chi connectivity index (χ4v) is 3.03. The van der Waals surface area contributed by atoms with Crippen molar-refractivity contribution < 1.29 is 22.4 Å². The van der Waals surface area contributed by atoms with Crippen molar-refractivity contribution in [2.75, 3.05) is 19.6 Å². The maximum Gasteiger partial charge on any atom is 0.257 e. The first kappa shape index (κ1) is 19.6. The summed E-state index contributed by atoms with van der Waals surface area (Å²) < 4.78 is 54.0. The maximum atomic E-state index is 14.0. The van der Waals surface area contributed by atoms with Crippen LogP contribution < -0.4 is 0 Å². The van der Waals surface area contributed by atoms with E-state index in [2.05, 4.69) is 9.98 Å². The molecule has 148 valence electrons. The molecule has 2 aliphatic rings. The Morgan fingerprint density at radius 2 is 1.86 bits per heavy atom. The fraction of sp³-hybridized carbons (Fsp3) is 0.353. The van der Waals surface area contributed by atoms with Gasteiger partial charge in [0.25, 0.3) is 5.91 Å². The molecule has 1 unspecified atom stereocenters. The number of amidine groups is 3. The molecule has 0 spiro atoms. The fourth-order valence-electron chi connectivity index (χ4n) is 3.03. The van der Waals surface area contributed by atoms with E-state index in [-0.39, 0.29) is 31.3 Å². The smallest absolute Gasteiger partial charge is 0.257 e. The summed E-state index contributed by atoms with van der Waals surface area (Å²) in [5.74, 6) is -8.26. The molecule has 0 radical (unpaired) electrons. The predicted molar refractivity (Wildman–Crippen MR) is 94.3 cm³/mol. The second kappa shape index (κ2) is 7.13. The molecule has 1 aromatic carbocycles. The Balaban J connectivity index is 1.82. The van der Waals surface area contributed by atoms with Crippen LogP contribution >= 0.6 is 0 Å². The van der Waals surface area contributed by atoms with Gasteiger partial charge >= 0.3 is 0 Å². The van der Waals surface area contributed by atoms with Crippen LogP contribution in [0.3, 0.4) is 0 Å². The number of amides is 1. The van der Waals surface area contributed by atoms with Gasteiger partial charge in [-0.3, -0.25) is 20.6 Å². The number of nitrogens with one attached hydrogen (secondary N) is 2. The molecule has 1 aromatic rings. The minimum Gasteiger partial charge on any atom is -0.327 e. The molecular weight excluding hydrogens is 380 g/mol. The zero-order chi connectivity index (χ0) is 20.7. The molecule has 0 aromatic heterocycles. The monoisotopic (exact) mass is 396 g/mol. The van der Waals surface area contributed by atoms with Gasteiger partial charge in [0.05, 0.1) is 18.2 Å². The van der Waals surface area contributed by atoms with Gasteiger partial charge < -0.3 is 9.80 Å². The van der Waals surface area contributed by atoms with E-state index in [0.29, 0.717) is 17.6 Å². The van der Waals surface area contributed by atoms with Crippen LogP contribution in [0.2, 0.25) is 0 Å². The Morgan fingerprint density at radius 1 is 1.18 bits per heavy atom. The van der Waals surface area contributed by atoms with Crippen molar-refractivity contribution in [2.45, 2.75) is 19.9 Å². The number of aliphatic imine (C=N–C) groups is 2. The van der Waals surface area contributed by atoms with Gasteiger partial charge in [0.2, 0.25) is 0 Å². The van der Waals surface area contributed by atoms with Crippen molar-refractivity contribution in [1.82, 2.24) is 9.80 Å². The highest BCUT2D eigenvalue weighted by Gasteiger charge is 2.37. The number of hydrogen-bond acceptors (Lipinski definition) is 5. The Hall–Kier alpha value is -3.11. The highest BCUT2D eigenvalue weighted by atomic mass is 19.2. The van der Waals surface area contributed by atoms with Crippen LogP contribution in [0.1, 0.15) is 24.2 Å². The molecule has 1 fully saturated rings. The lowest BCUT2D eigenvalue weighted by Gasteiger charge is -2.41. The van der Waals surface area contributed by atoms with Crippen LogP contribution in [0.5, 0.6) is 0 Å². The second-order valence-corrected chi connectivity index (χ2v) is 6.33. The van der Waals surface area contributed by atoms with E-state index in [0.717, 1.165) is 4.90 Å². The van der Waals surface area contributed by atoms with Gasteiger partial charge in [0, 0.05) is 13.1 Å². The lowest BCUT2D eigenvalue weighted by molar-refractivity contribution is 0.0694. The van der Waals surface area contributed by atoms with Gasteiger partial charge in [-0.2, -0.15) is 0 Å². The topological polar surface area (TPSA) is 96.0 Å². The van der Waals surface area contributed by atoms with E-state index in [4.69, 9.17) is 10.8 Å². The summed E-state index contributed by atoms with van der Waals surface area (Å²) in [6.45, 7) is 3.34. The lowest BCUT2D eigenvalue weighted by Crippen LogP contribution is -2.59. The number of rotatable bonds is 2. The van der Waals surface area contributed by atoms with Gasteiger partial charge in [0.1, 0.15) is 23.2 Å². The number of piperazine rings is 1. The summed E-state index contributed by atoms with van der Waals surface area (Å²) in [6.07, 6.45) is 0.